The molecule has 0 radical (unpaired) electrons. The first-order chi connectivity index (χ1) is 13.1. The number of thiazole rings is 1. The molecule has 0 aliphatic heterocycles. The third-order valence-corrected chi connectivity index (χ3v) is 5.43. The monoisotopic (exact) mass is 404 g/mol. The van der Waals surface area contributed by atoms with E-state index in [1.54, 1.807) is 22.1 Å². The van der Waals surface area contributed by atoms with Crippen LogP contribution in [0.25, 0.3) is 5.69 Å². The Kier molecular flexibility index (Phi) is 6.60. The molecule has 142 valence electrons. The fourth-order valence-electron chi connectivity index (χ4n) is 2.50. The summed E-state index contributed by atoms with van der Waals surface area (Å²) in [5, 5.41) is 17.2. The summed E-state index contributed by atoms with van der Waals surface area (Å²) in [4.78, 5) is 15.4. The molecule has 27 heavy (non-hydrogen) atoms. The van der Waals surface area contributed by atoms with Crippen molar-refractivity contribution in [2.75, 3.05) is 5.32 Å². The average molecular weight is 405 g/mol. The molecule has 6 nitrogen and oxygen atoms in total. The number of rotatable bonds is 6. The van der Waals surface area contributed by atoms with Crippen molar-refractivity contribution in [3.05, 3.63) is 57.8 Å². The summed E-state index contributed by atoms with van der Waals surface area (Å²) in [6, 6.07) is 5.45. The molecular formula is C19H21ClN4O2S. The van der Waals surface area contributed by atoms with Crippen molar-refractivity contribution in [2.45, 2.75) is 38.7 Å². The van der Waals surface area contributed by atoms with E-state index in [9.17, 15) is 4.79 Å². The molecule has 1 aromatic carbocycles. The van der Waals surface area contributed by atoms with Gasteiger partial charge in [-0.3, -0.25) is 4.79 Å². The highest BCUT2D eigenvalue weighted by molar-refractivity contribution is 7.15. The van der Waals surface area contributed by atoms with E-state index in [1.165, 1.54) is 23.3 Å². The maximum absolute atomic E-state index is 10.0. The van der Waals surface area contributed by atoms with Gasteiger partial charge in [0.25, 0.3) is 0 Å². The largest absolute Gasteiger partial charge is 0.392 e. The lowest BCUT2D eigenvalue weighted by Crippen LogP contribution is -1.96. The summed E-state index contributed by atoms with van der Waals surface area (Å²) in [6.07, 6.45) is 9.83. The van der Waals surface area contributed by atoms with Crippen LogP contribution in [0.1, 0.15) is 41.7 Å². The van der Waals surface area contributed by atoms with E-state index in [0.717, 1.165) is 23.6 Å². The lowest BCUT2D eigenvalue weighted by Gasteiger charge is -2.04. The average Bonchev–Trinajstić information content (AvgIpc) is 3.22. The van der Waals surface area contributed by atoms with E-state index >= 15 is 0 Å². The Labute approximate surface area is 166 Å². The van der Waals surface area contributed by atoms with Gasteiger partial charge in [-0.2, -0.15) is 5.10 Å². The fourth-order valence-corrected chi connectivity index (χ4v) is 3.70. The molecule has 1 saturated carbocycles. The number of benzene rings is 1. The van der Waals surface area contributed by atoms with E-state index in [2.05, 4.69) is 22.3 Å². The van der Waals surface area contributed by atoms with Crippen LogP contribution in [0.5, 0.6) is 0 Å². The smallest absolute Gasteiger partial charge is 0.213 e. The highest BCUT2D eigenvalue weighted by Crippen LogP contribution is 2.43. The number of aromatic nitrogens is 3. The van der Waals surface area contributed by atoms with Gasteiger partial charge in [-0.15, -0.1) is 11.3 Å². The van der Waals surface area contributed by atoms with Crippen LogP contribution in [0.15, 0.2) is 36.8 Å². The molecular weight excluding hydrogens is 384 g/mol. The number of nitrogens with one attached hydrogen (secondary N) is 1. The number of amides is 1. The van der Waals surface area contributed by atoms with Gasteiger partial charge < -0.3 is 10.4 Å². The minimum absolute atomic E-state index is 0.0184. The number of halogens is 1. The molecule has 2 heterocycles. The molecule has 1 fully saturated rings. The van der Waals surface area contributed by atoms with Gasteiger partial charge in [0.2, 0.25) is 6.41 Å². The standard InChI is InChI=1S/C12H13ClN2O.C7H8N2OS/c1-2-9-6-14-15(7-9)12-4-10(8-16)3-11(13)5-12;10-4-9-7-8-3-6(11-7)5-1-2-5/h3-7,16H,2,8H2,1H3;3-5H,1-2H2,(H,8,9,10). The Morgan fingerprint density at radius 3 is 2.78 bits per heavy atom. The van der Waals surface area contributed by atoms with Gasteiger partial charge >= 0.3 is 0 Å². The van der Waals surface area contributed by atoms with E-state index in [1.807, 2.05) is 30.7 Å². The number of aryl methyl sites for hydroxylation is 1. The molecule has 1 aliphatic carbocycles. The molecule has 1 amide bonds. The Balaban J connectivity index is 0.000000166. The third-order valence-electron chi connectivity index (χ3n) is 4.12. The highest BCUT2D eigenvalue weighted by atomic mass is 35.5. The van der Waals surface area contributed by atoms with Crippen LogP contribution < -0.4 is 5.32 Å². The Morgan fingerprint density at radius 2 is 2.15 bits per heavy atom. The van der Waals surface area contributed by atoms with Crippen molar-refractivity contribution < 1.29 is 9.90 Å². The van der Waals surface area contributed by atoms with Gasteiger partial charge in [0.15, 0.2) is 5.13 Å². The zero-order valence-corrected chi connectivity index (χ0v) is 16.5. The van der Waals surface area contributed by atoms with Crippen LogP contribution in [0, 0.1) is 0 Å². The predicted molar refractivity (Wildman–Crippen MR) is 108 cm³/mol. The third kappa shape index (κ3) is 5.38. The molecule has 0 bridgehead atoms. The minimum atomic E-state index is -0.0184. The second kappa shape index (κ2) is 9.12. The summed E-state index contributed by atoms with van der Waals surface area (Å²) in [5.41, 5.74) is 2.83. The van der Waals surface area contributed by atoms with E-state index in [0.29, 0.717) is 16.6 Å². The first-order valence-corrected chi connectivity index (χ1v) is 9.92. The van der Waals surface area contributed by atoms with Crippen molar-refractivity contribution in [3.63, 3.8) is 0 Å². The zero-order valence-electron chi connectivity index (χ0n) is 14.9. The molecule has 2 aromatic heterocycles. The fraction of sp³-hybridized carbons (Fsp3) is 0.316. The molecule has 0 spiro atoms. The lowest BCUT2D eigenvalue weighted by atomic mass is 10.2. The summed E-state index contributed by atoms with van der Waals surface area (Å²) < 4.78 is 1.77. The zero-order chi connectivity index (χ0) is 19.2. The van der Waals surface area contributed by atoms with Gasteiger partial charge in [-0.05, 0) is 54.5 Å². The van der Waals surface area contributed by atoms with E-state index < -0.39 is 0 Å². The Morgan fingerprint density at radius 1 is 1.33 bits per heavy atom. The van der Waals surface area contributed by atoms with Crippen molar-refractivity contribution in [3.8, 4) is 5.69 Å². The topological polar surface area (TPSA) is 80.0 Å². The van der Waals surface area contributed by atoms with Crippen molar-refractivity contribution in [1.82, 2.24) is 14.8 Å². The number of aliphatic hydroxyl groups is 1. The summed E-state index contributed by atoms with van der Waals surface area (Å²) >= 11 is 7.54. The SMILES string of the molecule is CCc1cnn(-c2cc(Cl)cc(CO)c2)c1.O=CNc1ncc(C2CC2)s1. The number of hydrogen-bond acceptors (Lipinski definition) is 5. The Hall–Kier alpha value is -2.22. The van der Waals surface area contributed by atoms with Crippen LogP contribution in [-0.2, 0) is 17.8 Å². The van der Waals surface area contributed by atoms with Crippen molar-refractivity contribution in [2.24, 2.45) is 0 Å². The van der Waals surface area contributed by atoms with Crippen LogP contribution >= 0.6 is 22.9 Å². The summed E-state index contributed by atoms with van der Waals surface area (Å²) in [7, 11) is 0. The summed E-state index contributed by atoms with van der Waals surface area (Å²) in [6.45, 7) is 2.06. The van der Waals surface area contributed by atoms with Crippen molar-refractivity contribution >= 4 is 34.5 Å². The first kappa shape index (κ1) is 19.5. The molecule has 3 aromatic rings. The van der Waals surface area contributed by atoms with Gasteiger partial charge in [0.1, 0.15) is 0 Å². The second-order valence-electron chi connectivity index (χ2n) is 6.23. The van der Waals surface area contributed by atoms with Crippen LogP contribution in [0.3, 0.4) is 0 Å². The quantitative estimate of drug-likeness (QED) is 0.604. The first-order valence-electron chi connectivity index (χ1n) is 8.73. The molecule has 8 heteroatoms. The maximum atomic E-state index is 10.0. The normalized spacial score (nSPS) is 13.0. The highest BCUT2D eigenvalue weighted by Gasteiger charge is 2.25. The predicted octanol–water partition coefficient (Wildman–Crippen LogP) is 4.17. The number of anilines is 1. The van der Waals surface area contributed by atoms with E-state index in [-0.39, 0.29) is 6.61 Å². The van der Waals surface area contributed by atoms with Gasteiger partial charge in [-0.1, -0.05) is 18.5 Å². The van der Waals surface area contributed by atoms with E-state index in [4.69, 9.17) is 16.7 Å². The lowest BCUT2D eigenvalue weighted by molar-refractivity contribution is -0.105. The summed E-state index contributed by atoms with van der Waals surface area (Å²) in [5.74, 6) is 0.731. The number of aliphatic hydroxyl groups excluding tert-OH is 1. The molecule has 0 atom stereocenters. The molecule has 0 unspecified atom stereocenters. The van der Waals surface area contributed by atoms with Crippen LogP contribution in [0.4, 0.5) is 5.13 Å². The van der Waals surface area contributed by atoms with Crippen LogP contribution in [-0.4, -0.2) is 26.3 Å². The van der Waals surface area contributed by atoms with Gasteiger partial charge in [0, 0.05) is 22.3 Å². The molecule has 1 aliphatic rings. The number of carbonyl (C=O) groups excluding carboxylic acids is 1. The maximum Gasteiger partial charge on any atom is 0.213 e. The van der Waals surface area contributed by atoms with Gasteiger partial charge in [-0.25, -0.2) is 9.67 Å². The van der Waals surface area contributed by atoms with Gasteiger partial charge in [0.05, 0.1) is 18.5 Å². The molecule has 0 saturated heterocycles. The number of carbonyl (C=O) groups is 1. The Bertz CT molecular complexity index is 905. The molecule has 4 rings (SSSR count). The number of hydrogen-bond donors (Lipinski definition) is 2. The molecule has 2 N–H and O–H groups in total. The second-order valence-corrected chi connectivity index (χ2v) is 7.73. The number of nitrogens with zero attached hydrogens (tertiary/aromatic N) is 3. The van der Waals surface area contributed by atoms with Crippen LogP contribution in [0.2, 0.25) is 5.02 Å². The van der Waals surface area contributed by atoms with Crippen molar-refractivity contribution in [1.29, 1.82) is 0 Å². The minimum Gasteiger partial charge on any atom is -0.392 e.